The van der Waals surface area contributed by atoms with Crippen LogP contribution in [0.25, 0.3) is 11.1 Å². The van der Waals surface area contributed by atoms with Gasteiger partial charge in [0.05, 0.1) is 23.3 Å². The van der Waals surface area contributed by atoms with Crippen LogP contribution in [0.3, 0.4) is 0 Å². The lowest BCUT2D eigenvalue weighted by Gasteiger charge is -2.09. The van der Waals surface area contributed by atoms with Crippen molar-refractivity contribution in [3.05, 3.63) is 78.4 Å². The molecule has 0 heterocycles. The summed E-state index contributed by atoms with van der Waals surface area (Å²) in [5.41, 5.74) is 2.07. The molecule has 3 aromatic carbocycles. The smallest absolute Gasteiger partial charge is 0.307 e. The zero-order chi connectivity index (χ0) is 19.4. The summed E-state index contributed by atoms with van der Waals surface area (Å²) in [5, 5.41) is 8.92. The van der Waals surface area contributed by atoms with Crippen LogP contribution >= 0.6 is 0 Å². The predicted molar refractivity (Wildman–Crippen MR) is 102 cm³/mol. The van der Waals surface area contributed by atoms with Crippen molar-refractivity contribution in [3.8, 4) is 16.9 Å². The van der Waals surface area contributed by atoms with Crippen LogP contribution in [0, 0.1) is 0 Å². The van der Waals surface area contributed by atoms with Crippen molar-refractivity contribution in [2.75, 3.05) is 7.11 Å². The van der Waals surface area contributed by atoms with Crippen LogP contribution in [-0.4, -0.2) is 26.6 Å². The molecular weight excluding hydrogens is 364 g/mol. The Morgan fingerprint density at radius 1 is 0.889 bits per heavy atom. The van der Waals surface area contributed by atoms with Gasteiger partial charge in [-0.05, 0) is 53.1 Å². The molecule has 0 saturated carbocycles. The Labute approximate surface area is 157 Å². The third-order valence-electron chi connectivity index (χ3n) is 4.13. The van der Waals surface area contributed by atoms with Gasteiger partial charge in [-0.15, -0.1) is 0 Å². The van der Waals surface area contributed by atoms with Crippen LogP contribution in [0.4, 0.5) is 0 Å². The first-order valence-electron chi connectivity index (χ1n) is 8.20. The maximum atomic E-state index is 13.0. The molecule has 0 aliphatic rings. The van der Waals surface area contributed by atoms with Crippen LogP contribution in [0.2, 0.25) is 0 Å². The lowest BCUT2D eigenvalue weighted by Crippen LogP contribution is -2.05. The summed E-state index contributed by atoms with van der Waals surface area (Å²) in [4.78, 5) is 11.1. The van der Waals surface area contributed by atoms with Gasteiger partial charge in [0.1, 0.15) is 5.75 Å². The highest BCUT2D eigenvalue weighted by atomic mass is 32.2. The van der Waals surface area contributed by atoms with Crippen LogP contribution in [-0.2, 0) is 21.1 Å². The lowest BCUT2D eigenvalue weighted by molar-refractivity contribution is -0.136. The largest absolute Gasteiger partial charge is 0.497 e. The number of aliphatic carboxylic acids is 1. The highest BCUT2D eigenvalue weighted by Gasteiger charge is 2.19. The zero-order valence-corrected chi connectivity index (χ0v) is 15.4. The lowest BCUT2D eigenvalue weighted by atomic mass is 10.1. The molecule has 138 valence electrons. The number of ether oxygens (including phenoxy) is 1. The molecule has 0 spiro atoms. The molecule has 0 atom stereocenters. The van der Waals surface area contributed by atoms with Gasteiger partial charge >= 0.3 is 5.97 Å². The Kier molecular flexibility index (Phi) is 5.28. The maximum absolute atomic E-state index is 13.0. The molecule has 27 heavy (non-hydrogen) atoms. The first-order chi connectivity index (χ1) is 12.9. The predicted octanol–water partition coefficient (Wildman–Crippen LogP) is 3.82. The molecule has 0 aliphatic heterocycles. The summed E-state index contributed by atoms with van der Waals surface area (Å²) in [7, 11) is -2.17. The fraction of sp³-hybridized carbons (Fsp3) is 0.0952. The molecule has 3 aromatic rings. The Morgan fingerprint density at radius 2 is 1.52 bits per heavy atom. The summed E-state index contributed by atoms with van der Waals surface area (Å²) >= 11 is 0. The van der Waals surface area contributed by atoms with Gasteiger partial charge in [-0.3, -0.25) is 4.79 Å². The average Bonchev–Trinajstić information content (AvgIpc) is 2.68. The number of rotatable bonds is 6. The molecule has 0 aromatic heterocycles. The fourth-order valence-electron chi connectivity index (χ4n) is 2.76. The topological polar surface area (TPSA) is 80.7 Å². The van der Waals surface area contributed by atoms with E-state index in [1.54, 1.807) is 31.4 Å². The Bertz CT molecular complexity index is 1070. The van der Waals surface area contributed by atoms with E-state index in [1.807, 2.05) is 30.3 Å². The molecule has 0 bridgehead atoms. The number of hydrogen-bond donors (Lipinski definition) is 1. The van der Waals surface area contributed by atoms with Gasteiger partial charge in [-0.2, -0.15) is 0 Å². The SMILES string of the molecule is COc1ccc(-c2cccc(S(=O)(=O)c3cccc(CC(=O)O)c3)c2)cc1. The number of methoxy groups -OCH3 is 1. The minimum Gasteiger partial charge on any atom is -0.497 e. The van der Waals surface area contributed by atoms with Crippen LogP contribution in [0.5, 0.6) is 5.75 Å². The van der Waals surface area contributed by atoms with Crippen molar-refractivity contribution in [3.63, 3.8) is 0 Å². The second-order valence-corrected chi connectivity index (χ2v) is 7.93. The van der Waals surface area contributed by atoms with Crippen molar-refractivity contribution >= 4 is 15.8 Å². The summed E-state index contributed by atoms with van der Waals surface area (Å²) < 4.78 is 31.1. The minimum atomic E-state index is -3.76. The van der Waals surface area contributed by atoms with Gasteiger partial charge in [0.25, 0.3) is 0 Å². The molecule has 0 amide bonds. The van der Waals surface area contributed by atoms with Crippen molar-refractivity contribution in [2.24, 2.45) is 0 Å². The third-order valence-corrected chi connectivity index (χ3v) is 5.88. The number of sulfone groups is 1. The van der Waals surface area contributed by atoms with Gasteiger partial charge < -0.3 is 9.84 Å². The zero-order valence-electron chi connectivity index (χ0n) is 14.6. The van der Waals surface area contributed by atoms with E-state index in [4.69, 9.17) is 9.84 Å². The van der Waals surface area contributed by atoms with E-state index in [9.17, 15) is 13.2 Å². The van der Waals surface area contributed by atoms with E-state index < -0.39 is 15.8 Å². The normalized spacial score (nSPS) is 11.1. The molecule has 0 radical (unpaired) electrons. The van der Waals surface area contributed by atoms with Crippen molar-refractivity contribution in [1.29, 1.82) is 0 Å². The molecule has 6 heteroatoms. The second kappa shape index (κ2) is 7.63. The highest BCUT2D eigenvalue weighted by molar-refractivity contribution is 7.91. The number of carbonyl (C=O) groups is 1. The molecule has 0 aliphatic carbocycles. The highest BCUT2D eigenvalue weighted by Crippen LogP contribution is 2.28. The Morgan fingerprint density at radius 3 is 2.15 bits per heavy atom. The average molecular weight is 382 g/mol. The van der Waals surface area contributed by atoms with Gasteiger partial charge in [-0.25, -0.2) is 8.42 Å². The minimum absolute atomic E-state index is 0.0770. The number of benzene rings is 3. The van der Waals surface area contributed by atoms with Gasteiger partial charge in [0.2, 0.25) is 9.84 Å². The second-order valence-electron chi connectivity index (χ2n) is 5.98. The molecule has 1 N–H and O–H groups in total. The molecule has 5 nitrogen and oxygen atoms in total. The standard InChI is InChI=1S/C21H18O5S/c1-26-18-10-8-16(9-11-18)17-5-3-7-20(14-17)27(24,25)19-6-2-4-15(12-19)13-21(22)23/h2-12,14H,13H2,1H3,(H,22,23). The molecule has 0 saturated heterocycles. The number of carboxylic acids is 1. The van der Waals surface area contributed by atoms with E-state index in [2.05, 4.69) is 0 Å². The monoisotopic (exact) mass is 382 g/mol. The quantitative estimate of drug-likeness (QED) is 0.701. The van der Waals surface area contributed by atoms with E-state index in [0.29, 0.717) is 5.56 Å². The summed E-state index contributed by atoms with van der Waals surface area (Å²) in [5.74, 6) is -0.288. The van der Waals surface area contributed by atoms with E-state index in [1.165, 1.54) is 18.2 Å². The van der Waals surface area contributed by atoms with Gasteiger partial charge in [-0.1, -0.05) is 36.4 Å². The van der Waals surface area contributed by atoms with Crippen molar-refractivity contribution < 1.29 is 23.1 Å². The number of hydrogen-bond acceptors (Lipinski definition) is 4. The number of carboxylic acid groups (broad SMARTS) is 1. The maximum Gasteiger partial charge on any atom is 0.307 e. The van der Waals surface area contributed by atoms with Gasteiger partial charge in [0, 0.05) is 0 Å². The van der Waals surface area contributed by atoms with Crippen molar-refractivity contribution in [1.82, 2.24) is 0 Å². The van der Waals surface area contributed by atoms with E-state index in [-0.39, 0.29) is 16.2 Å². The Balaban J connectivity index is 1.99. The fourth-order valence-corrected chi connectivity index (χ4v) is 4.14. The Hall–Kier alpha value is -3.12. The van der Waals surface area contributed by atoms with E-state index in [0.717, 1.165) is 16.9 Å². The summed E-state index contributed by atoms with van der Waals surface area (Å²) in [6.07, 6.45) is -0.227. The summed E-state index contributed by atoms with van der Waals surface area (Å²) in [6.45, 7) is 0. The first-order valence-corrected chi connectivity index (χ1v) is 9.69. The molecule has 3 rings (SSSR count). The third kappa shape index (κ3) is 4.17. The van der Waals surface area contributed by atoms with Crippen molar-refractivity contribution in [2.45, 2.75) is 16.2 Å². The first kappa shape index (κ1) is 18.7. The van der Waals surface area contributed by atoms with Crippen LogP contribution in [0.15, 0.2) is 82.6 Å². The molecule has 0 fully saturated rings. The molecular formula is C21H18O5S. The van der Waals surface area contributed by atoms with E-state index >= 15 is 0 Å². The van der Waals surface area contributed by atoms with Gasteiger partial charge in [0.15, 0.2) is 0 Å². The summed E-state index contributed by atoms with van der Waals surface area (Å²) in [6, 6.07) is 20.0. The van der Waals surface area contributed by atoms with Crippen LogP contribution < -0.4 is 4.74 Å². The van der Waals surface area contributed by atoms with Crippen LogP contribution in [0.1, 0.15) is 5.56 Å². The molecule has 0 unspecified atom stereocenters.